The van der Waals surface area contributed by atoms with Crippen molar-refractivity contribution in [2.75, 3.05) is 11.5 Å². The molecule has 0 N–H and O–H groups in total. The highest BCUT2D eigenvalue weighted by atomic mass is 32.2. The van der Waals surface area contributed by atoms with Gasteiger partial charge in [0.15, 0.2) is 9.84 Å². The second kappa shape index (κ2) is 5.55. The summed E-state index contributed by atoms with van der Waals surface area (Å²) in [6, 6.07) is 9.21. The molecule has 1 atom stereocenters. The van der Waals surface area contributed by atoms with E-state index in [1.807, 2.05) is 30.3 Å². The number of hydrogen-bond donors (Lipinski definition) is 0. The maximum Gasteiger partial charge on any atom is 0.266 e. The standard InChI is InChI=1S/C14H13NO3S3/c16-13-12(8-10-4-2-1-3-5-10)20-14(19)15(13)11-6-7-21(17,18)9-11/h1-5,8,11H,6-7,9H2/b12-8+/t11-/m0/s1. The van der Waals surface area contributed by atoms with Crippen molar-refractivity contribution in [1.29, 1.82) is 0 Å². The minimum Gasteiger partial charge on any atom is -0.289 e. The predicted octanol–water partition coefficient (Wildman–Crippen LogP) is 2.07. The van der Waals surface area contributed by atoms with E-state index in [9.17, 15) is 13.2 Å². The Bertz CT molecular complexity index is 725. The number of amides is 1. The number of thioether (sulfide) groups is 1. The van der Waals surface area contributed by atoms with Crippen LogP contribution in [0.1, 0.15) is 12.0 Å². The SMILES string of the molecule is O=C1/C(=C\c2ccccc2)SC(=S)N1[C@H]1CCS(=O)(=O)C1. The largest absolute Gasteiger partial charge is 0.289 e. The molecule has 1 amide bonds. The topological polar surface area (TPSA) is 54.5 Å². The molecule has 0 aromatic heterocycles. The average Bonchev–Trinajstić information content (AvgIpc) is 2.91. The molecule has 7 heteroatoms. The van der Waals surface area contributed by atoms with E-state index < -0.39 is 9.84 Å². The molecule has 1 aromatic carbocycles. The van der Waals surface area contributed by atoms with E-state index in [0.717, 1.165) is 5.56 Å². The number of nitrogens with zero attached hydrogens (tertiary/aromatic N) is 1. The highest BCUT2D eigenvalue weighted by molar-refractivity contribution is 8.26. The van der Waals surface area contributed by atoms with E-state index in [1.165, 1.54) is 16.7 Å². The van der Waals surface area contributed by atoms with Gasteiger partial charge in [0.2, 0.25) is 0 Å². The van der Waals surface area contributed by atoms with Gasteiger partial charge in [-0.05, 0) is 18.1 Å². The Balaban J connectivity index is 1.85. The summed E-state index contributed by atoms with van der Waals surface area (Å²) in [6.07, 6.45) is 2.26. The summed E-state index contributed by atoms with van der Waals surface area (Å²) < 4.78 is 23.6. The highest BCUT2D eigenvalue weighted by Gasteiger charge is 2.41. The third-order valence-electron chi connectivity index (χ3n) is 3.49. The fraction of sp³-hybridized carbons (Fsp3) is 0.286. The number of benzene rings is 1. The van der Waals surface area contributed by atoms with Gasteiger partial charge in [-0.3, -0.25) is 9.69 Å². The van der Waals surface area contributed by atoms with Crippen molar-refractivity contribution in [2.24, 2.45) is 0 Å². The first-order valence-electron chi connectivity index (χ1n) is 6.49. The summed E-state index contributed by atoms with van der Waals surface area (Å²) in [5.74, 6) is -0.0409. The first kappa shape index (κ1) is 14.7. The molecule has 0 unspecified atom stereocenters. The Hall–Kier alpha value is -1.18. The quantitative estimate of drug-likeness (QED) is 0.610. The van der Waals surface area contributed by atoms with Crippen LogP contribution in [0.15, 0.2) is 35.2 Å². The molecule has 2 aliphatic rings. The minimum atomic E-state index is -3.04. The van der Waals surface area contributed by atoms with E-state index in [0.29, 0.717) is 15.6 Å². The normalized spacial score (nSPS) is 26.8. The lowest BCUT2D eigenvalue weighted by Crippen LogP contribution is -2.39. The van der Waals surface area contributed by atoms with Crippen LogP contribution in [0.25, 0.3) is 6.08 Å². The Labute approximate surface area is 133 Å². The van der Waals surface area contributed by atoms with Crippen molar-refractivity contribution in [3.05, 3.63) is 40.8 Å². The molecule has 0 aliphatic carbocycles. The van der Waals surface area contributed by atoms with Gasteiger partial charge in [-0.2, -0.15) is 0 Å². The van der Waals surface area contributed by atoms with Crippen LogP contribution in [0, 0.1) is 0 Å². The molecule has 1 aromatic rings. The fourth-order valence-electron chi connectivity index (χ4n) is 2.47. The molecule has 110 valence electrons. The smallest absolute Gasteiger partial charge is 0.266 e. The van der Waals surface area contributed by atoms with Crippen LogP contribution in [0.4, 0.5) is 0 Å². The van der Waals surface area contributed by atoms with E-state index in [2.05, 4.69) is 0 Å². The summed E-state index contributed by atoms with van der Waals surface area (Å²) in [4.78, 5) is 14.5. The molecule has 0 saturated carbocycles. The van der Waals surface area contributed by atoms with Gasteiger partial charge in [0, 0.05) is 0 Å². The zero-order chi connectivity index (χ0) is 15.0. The van der Waals surface area contributed by atoms with Crippen LogP contribution >= 0.6 is 24.0 Å². The Morgan fingerprint density at radius 1 is 1.29 bits per heavy atom. The van der Waals surface area contributed by atoms with E-state index >= 15 is 0 Å². The number of carbonyl (C=O) groups is 1. The van der Waals surface area contributed by atoms with Gasteiger partial charge in [0.1, 0.15) is 4.32 Å². The summed E-state index contributed by atoms with van der Waals surface area (Å²) in [5, 5.41) is 0. The van der Waals surface area contributed by atoms with Crippen LogP contribution in [0.2, 0.25) is 0 Å². The second-order valence-electron chi connectivity index (χ2n) is 5.02. The van der Waals surface area contributed by atoms with Crippen molar-refractivity contribution < 1.29 is 13.2 Å². The Morgan fingerprint density at radius 3 is 2.62 bits per heavy atom. The maximum absolute atomic E-state index is 12.5. The van der Waals surface area contributed by atoms with Gasteiger partial charge in [0.05, 0.1) is 22.5 Å². The van der Waals surface area contributed by atoms with Crippen molar-refractivity contribution in [2.45, 2.75) is 12.5 Å². The molecular weight excluding hydrogens is 326 g/mol. The zero-order valence-corrected chi connectivity index (χ0v) is 13.5. The van der Waals surface area contributed by atoms with Crippen molar-refractivity contribution >= 4 is 50.1 Å². The van der Waals surface area contributed by atoms with Crippen LogP contribution in [-0.2, 0) is 14.6 Å². The van der Waals surface area contributed by atoms with Gasteiger partial charge in [0.25, 0.3) is 5.91 Å². The fourth-order valence-corrected chi connectivity index (χ4v) is 5.57. The molecule has 3 rings (SSSR count). The summed E-state index contributed by atoms with van der Waals surface area (Å²) >= 11 is 6.49. The van der Waals surface area contributed by atoms with Gasteiger partial charge in [-0.1, -0.05) is 54.3 Å². The van der Waals surface area contributed by atoms with Crippen LogP contribution < -0.4 is 0 Å². The summed E-state index contributed by atoms with van der Waals surface area (Å²) in [7, 11) is -3.04. The van der Waals surface area contributed by atoms with Crippen LogP contribution in [0.5, 0.6) is 0 Å². The van der Waals surface area contributed by atoms with Crippen LogP contribution in [-0.4, -0.2) is 41.1 Å². The first-order valence-corrected chi connectivity index (χ1v) is 9.53. The molecule has 0 spiro atoms. The minimum absolute atomic E-state index is 0.0120. The number of sulfone groups is 1. The molecule has 4 nitrogen and oxygen atoms in total. The lowest BCUT2D eigenvalue weighted by atomic mass is 10.2. The lowest BCUT2D eigenvalue weighted by molar-refractivity contribution is -0.123. The summed E-state index contributed by atoms with van der Waals surface area (Å²) in [5.41, 5.74) is 0.928. The van der Waals surface area contributed by atoms with Gasteiger partial charge < -0.3 is 0 Å². The summed E-state index contributed by atoms with van der Waals surface area (Å²) in [6.45, 7) is 0. The van der Waals surface area contributed by atoms with Gasteiger partial charge in [-0.25, -0.2) is 8.42 Å². The van der Waals surface area contributed by atoms with Crippen molar-refractivity contribution in [3.63, 3.8) is 0 Å². The second-order valence-corrected chi connectivity index (χ2v) is 8.92. The van der Waals surface area contributed by atoms with Crippen LogP contribution in [0.3, 0.4) is 0 Å². The molecule has 0 radical (unpaired) electrons. The van der Waals surface area contributed by atoms with Gasteiger partial charge >= 0.3 is 0 Å². The lowest BCUT2D eigenvalue weighted by Gasteiger charge is -2.20. The third kappa shape index (κ3) is 3.04. The molecular formula is C14H13NO3S3. The van der Waals surface area contributed by atoms with Crippen molar-refractivity contribution in [1.82, 2.24) is 4.90 Å². The van der Waals surface area contributed by atoms with Crippen molar-refractivity contribution in [3.8, 4) is 0 Å². The molecule has 2 heterocycles. The number of hydrogen-bond acceptors (Lipinski definition) is 5. The Morgan fingerprint density at radius 2 is 2.00 bits per heavy atom. The number of thiocarbonyl (C=S) groups is 1. The van der Waals surface area contributed by atoms with Gasteiger partial charge in [-0.15, -0.1) is 0 Å². The number of rotatable bonds is 2. The highest BCUT2D eigenvalue weighted by Crippen LogP contribution is 2.36. The Kier molecular flexibility index (Phi) is 3.90. The molecule has 2 saturated heterocycles. The third-order valence-corrected chi connectivity index (χ3v) is 6.58. The predicted molar refractivity (Wildman–Crippen MR) is 88.5 cm³/mol. The molecule has 2 aliphatic heterocycles. The average molecular weight is 339 g/mol. The molecule has 2 fully saturated rings. The van der Waals surface area contributed by atoms with E-state index in [1.54, 1.807) is 6.08 Å². The molecule has 0 bridgehead atoms. The van der Waals surface area contributed by atoms with E-state index in [-0.39, 0.29) is 23.5 Å². The maximum atomic E-state index is 12.5. The number of carbonyl (C=O) groups excluding carboxylic acids is 1. The monoisotopic (exact) mass is 339 g/mol. The van der Waals surface area contributed by atoms with E-state index in [4.69, 9.17) is 12.2 Å². The molecule has 21 heavy (non-hydrogen) atoms. The first-order chi connectivity index (χ1) is 9.96. The zero-order valence-electron chi connectivity index (χ0n) is 11.1.